The van der Waals surface area contributed by atoms with Crippen molar-refractivity contribution in [3.8, 4) is 0 Å². The number of benzene rings is 1. The number of carbonyl (C=O) groups excluding carboxylic acids is 1. The monoisotopic (exact) mass is 554 g/mol. The van der Waals surface area contributed by atoms with Crippen LogP contribution in [0, 0.1) is 0 Å². The smallest absolute Gasteiger partial charge is 0.354 e. The van der Waals surface area contributed by atoms with Crippen LogP contribution in [0.5, 0.6) is 0 Å². The highest BCUT2D eigenvalue weighted by Crippen LogP contribution is 2.40. The van der Waals surface area contributed by atoms with Crippen molar-refractivity contribution < 1.29 is 31.1 Å². The van der Waals surface area contributed by atoms with Crippen LogP contribution in [0.25, 0.3) is 5.57 Å². The number of rotatable bonds is 6. The maximum absolute atomic E-state index is 13.7. The van der Waals surface area contributed by atoms with Crippen LogP contribution in [0.4, 0.5) is 37.8 Å². The summed E-state index contributed by atoms with van der Waals surface area (Å²) in [6.45, 7) is 11.4. The largest absolute Gasteiger partial charge is 0.416 e. The van der Waals surface area contributed by atoms with Gasteiger partial charge >= 0.3 is 12.4 Å². The lowest BCUT2D eigenvalue weighted by Gasteiger charge is -2.34. The van der Waals surface area contributed by atoms with Crippen LogP contribution in [-0.2, 0) is 22.6 Å². The number of piperazine rings is 1. The molecular formula is C28H32F6N4O. The molecule has 11 heteroatoms. The normalized spacial score (nSPS) is 15.9. The molecule has 2 heterocycles. The molecule has 0 unspecified atom stereocenters. The molecule has 1 aliphatic heterocycles. The molecule has 212 valence electrons. The standard InChI is InChI=1S/C28H32F6N4O/c1-7-18(8-2)22-16-24(38-11-9-36(5)10-12-38)35-17-23(22)37(6)25(39)26(3,4)19-13-20(27(29,30)31)15-21(14-19)28(32,33)34/h7-8,13-17H,1,9-12H2,2-6H3/b18-8-. The number of hydrogen-bond donors (Lipinski definition) is 0. The summed E-state index contributed by atoms with van der Waals surface area (Å²) in [4.78, 5) is 23.8. The van der Waals surface area contributed by atoms with Gasteiger partial charge in [0.1, 0.15) is 5.82 Å². The Hall–Kier alpha value is -3.34. The predicted molar refractivity (Wildman–Crippen MR) is 141 cm³/mol. The number of pyridine rings is 1. The molecule has 2 aromatic rings. The summed E-state index contributed by atoms with van der Waals surface area (Å²) in [6.07, 6.45) is -5.15. The highest BCUT2D eigenvalue weighted by molar-refractivity contribution is 6.02. The van der Waals surface area contributed by atoms with Crippen LogP contribution in [-0.4, -0.2) is 56.1 Å². The van der Waals surface area contributed by atoms with E-state index in [0.717, 1.165) is 26.2 Å². The van der Waals surface area contributed by atoms with E-state index in [4.69, 9.17) is 0 Å². The van der Waals surface area contributed by atoms with E-state index in [1.54, 1.807) is 19.1 Å². The number of hydrogen-bond acceptors (Lipinski definition) is 4. The van der Waals surface area contributed by atoms with E-state index in [1.807, 2.05) is 13.1 Å². The average Bonchev–Trinajstić information content (AvgIpc) is 2.87. The lowest BCUT2D eigenvalue weighted by Crippen LogP contribution is -2.45. The number of allylic oxidation sites excluding steroid dienone is 3. The Labute approximate surface area is 224 Å². The van der Waals surface area contributed by atoms with Gasteiger partial charge in [-0.15, -0.1) is 0 Å². The van der Waals surface area contributed by atoms with Gasteiger partial charge in [0.2, 0.25) is 5.91 Å². The molecule has 0 aliphatic carbocycles. The van der Waals surface area contributed by atoms with Gasteiger partial charge in [-0.1, -0.05) is 18.7 Å². The van der Waals surface area contributed by atoms with Crippen LogP contribution in [0.3, 0.4) is 0 Å². The van der Waals surface area contributed by atoms with E-state index in [1.165, 1.54) is 32.0 Å². The molecular weight excluding hydrogens is 522 g/mol. The number of halogens is 6. The van der Waals surface area contributed by atoms with E-state index >= 15 is 0 Å². The third-order valence-corrected chi connectivity index (χ3v) is 7.05. The van der Waals surface area contributed by atoms with Crippen molar-refractivity contribution >= 4 is 23.0 Å². The molecule has 3 rings (SSSR count). The lowest BCUT2D eigenvalue weighted by molar-refractivity contribution is -0.143. The average molecular weight is 555 g/mol. The van der Waals surface area contributed by atoms with Gasteiger partial charge in [-0.25, -0.2) is 4.98 Å². The van der Waals surface area contributed by atoms with Crippen molar-refractivity contribution in [3.05, 3.63) is 71.4 Å². The summed E-state index contributed by atoms with van der Waals surface area (Å²) in [5.41, 5.74) is -3.44. The van der Waals surface area contributed by atoms with Crippen LogP contribution >= 0.6 is 0 Å². The third-order valence-electron chi connectivity index (χ3n) is 7.05. The van der Waals surface area contributed by atoms with Gasteiger partial charge < -0.3 is 14.7 Å². The zero-order chi connectivity index (χ0) is 29.3. The minimum Gasteiger partial charge on any atom is -0.354 e. The molecule has 39 heavy (non-hydrogen) atoms. The summed E-state index contributed by atoms with van der Waals surface area (Å²) in [7, 11) is 3.45. The molecule has 0 saturated carbocycles. The Bertz CT molecular complexity index is 1230. The van der Waals surface area contributed by atoms with Crippen molar-refractivity contribution in [1.29, 1.82) is 0 Å². The lowest BCUT2D eigenvalue weighted by atomic mass is 9.81. The molecule has 0 bridgehead atoms. The molecule has 0 N–H and O–H groups in total. The first-order valence-electron chi connectivity index (χ1n) is 12.3. The highest BCUT2D eigenvalue weighted by Gasteiger charge is 2.41. The van der Waals surface area contributed by atoms with Crippen molar-refractivity contribution in [1.82, 2.24) is 9.88 Å². The minimum atomic E-state index is -5.03. The molecule has 0 radical (unpaired) electrons. The SMILES string of the molecule is C=C/C(=C/C)c1cc(N2CCN(C)CC2)ncc1N(C)C(=O)C(C)(C)c1cc(C(F)(F)F)cc(C(F)(F)F)c1. The van der Waals surface area contributed by atoms with Crippen molar-refractivity contribution in [2.45, 2.75) is 38.5 Å². The second-order valence-electron chi connectivity index (χ2n) is 10.1. The third kappa shape index (κ3) is 6.46. The molecule has 1 aromatic heterocycles. The number of nitrogens with zero attached hydrogens (tertiary/aromatic N) is 4. The summed E-state index contributed by atoms with van der Waals surface area (Å²) in [6, 6.07) is 3.06. The summed E-state index contributed by atoms with van der Waals surface area (Å²) >= 11 is 0. The maximum Gasteiger partial charge on any atom is 0.416 e. The number of carbonyl (C=O) groups is 1. The Morgan fingerprint density at radius 1 is 0.949 bits per heavy atom. The molecule has 1 aliphatic rings. The highest BCUT2D eigenvalue weighted by atomic mass is 19.4. The van der Waals surface area contributed by atoms with Crippen molar-refractivity contribution in [3.63, 3.8) is 0 Å². The fourth-order valence-electron chi connectivity index (χ4n) is 4.50. The topological polar surface area (TPSA) is 39.7 Å². The molecule has 1 amide bonds. The van der Waals surface area contributed by atoms with Crippen molar-refractivity contribution in [2.24, 2.45) is 0 Å². The van der Waals surface area contributed by atoms with E-state index in [-0.39, 0.29) is 6.07 Å². The molecule has 1 aromatic carbocycles. The van der Waals surface area contributed by atoms with Gasteiger partial charge in [-0.05, 0) is 63.2 Å². The molecule has 1 saturated heterocycles. The zero-order valence-electron chi connectivity index (χ0n) is 22.5. The van der Waals surface area contributed by atoms with Crippen LogP contribution < -0.4 is 9.80 Å². The Morgan fingerprint density at radius 3 is 1.92 bits per heavy atom. The first-order chi connectivity index (χ1) is 18.0. The molecule has 0 spiro atoms. The van der Waals surface area contributed by atoms with Crippen LogP contribution in [0.1, 0.15) is 43.0 Å². The molecule has 1 fully saturated rings. The van der Waals surface area contributed by atoms with Crippen LogP contribution in [0.15, 0.2) is 49.2 Å². The van der Waals surface area contributed by atoms with Crippen LogP contribution in [0.2, 0.25) is 0 Å². The van der Waals surface area contributed by atoms with Gasteiger partial charge in [0, 0.05) is 38.8 Å². The second kappa shape index (κ2) is 11.0. The van der Waals surface area contributed by atoms with Gasteiger partial charge in [0.15, 0.2) is 0 Å². The van der Waals surface area contributed by atoms with E-state index in [9.17, 15) is 31.1 Å². The Morgan fingerprint density at radius 2 is 1.46 bits per heavy atom. The first-order valence-corrected chi connectivity index (χ1v) is 12.3. The quantitative estimate of drug-likeness (QED) is 0.306. The van der Waals surface area contributed by atoms with E-state index in [0.29, 0.717) is 34.8 Å². The van der Waals surface area contributed by atoms with Gasteiger partial charge in [-0.2, -0.15) is 26.3 Å². The Kier molecular flexibility index (Phi) is 8.54. The number of likely N-dealkylation sites (N-methyl/N-ethyl adjacent to an activating group) is 2. The Balaban J connectivity index is 2.08. The van der Waals surface area contributed by atoms with Gasteiger partial charge in [-0.3, -0.25) is 4.79 Å². The summed E-state index contributed by atoms with van der Waals surface area (Å²) in [5.74, 6) is -0.0132. The maximum atomic E-state index is 13.7. The molecule has 0 atom stereocenters. The number of alkyl halides is 6. The van der Waals surface area contributed by atoms with Gasteiger partial charge in [0.05, 0.1) is 28.4 Å². The zero-order valence-corrected chi connectivity index (χ0v) is 22.5. The summed E-state index contributed by atoms with van der Waals surface area (Å²) < 4.78 is 80.9. The number of aromatic nitrogens is 1. The first kappa shape index (κ1) is 30.2. The summed E-state index contributed by atoms with van der Waals surface area (Å²) in [5, 5.41) is 0. The number of anilines is 2. The minimum absolute atomic E-state index is 0.0509. The number of amides is 1. The predicted octanol–water partition coefficient (Wildman–Crippen LogP) is 6.40. The van der Waals surface area contributed by atoms with Crippen molar-refractivity contribution in [2.75, 3.05) is 50.1 Å². The molecule has 5 nitrogen and oxygen atoms in total. The second-order valence-corrected chi connectivity index (χ2v) is 10.1. The fraction of sp³-hybridized carbons (Fsp3) is 0.429. The fourth-order valence-corrected chi connectivity index (χ4v) is 4.50. The van der Waals surface area contributed by atoms with Gasteiger partial charge in [0.25, 0.3) is 0 Å². The van der Waals surface area contributed by atoms with E-state index < -0.39 is 40.4 Å². The van der Waals surface area contributed by atoms with E-state index in [2.05, 4.69) is 21.4 Å².